The number of amides is 1. The molecule has 0 saturated carbocycles. The number of rotatable bonds is 8. The van der Waals surface area contributed by atoms with Crippen LogP contribution in [-0.2, 0) is 9.53 Å². The molecule has 0 aliphatic carbocycles. The highest BCUT2D eigenvalue weighted by Crippen LogP contribution is 2.35. The topological polar surface area (TPSA) is 88.6 Å². The third kappa shape index (κ3) is 6.19. The van der Waals surface area contributed by atoms with E-state index in [1.54, 1.807) is 30.3 Å². The van der Waals surface area contributed by atoms with Crippen molar-refractivity contribution in [2.24, 2.45) is 0 Å². The number of hydrogen-bond donors (Lipinski definition) is 2. The lowest BCUT2D eigenvalue weighted by molar-refractivity contribution is -0.111. The molecule has 2 aromatic carbocycles. The number of aromatic nitrogens is 2. The largest absolute Gasteiger partial charge is 0.486 e. The molecule has 1 amide bonds. The second-order valence-electron chi connectivity index (χ2n) is 8.10. The molecule has 1 aliphatic rings. The number of halogens is 2. The van der Waals surface area contributed by atoms with Crippen LogP contribution < -0.4 is 15.4 Å². The Hall–Kier alpha value is -2.83. The number of fused-ring (bicyclic) bond motifs is 1. The zero-order chi connectivity index (χ0) is 24.1. The van der Waals surface area contributed by atoms with E-state index in [2.05, 4.69) is 20.6 Å². The van der Waals surface area contributed by atoms with Crippen LogP contribution in [0, 0.1) is 9.39 Å². The maximum Gasteiger partial charge on any atom is 0.248 e. The number of carbonyl (C=O) groups excluding carboxylic acids is 1. The quantitative estimate of drug-likeness (QED) is 0.304. The summed E-state index contributed by atoms with van der Waals surface area (Å²) < 4.78 is 25.7. The molecule has 34 heavy (non-hydrogen) atoms. The standard InChI is InChI=1S/C24H25FIN5O3/c1-31(2)8-3-4-23(32)30-21-11-17-20(12-22(21)34-16-7-9-33-13-16)27-14-28-24(17)29-15-5-6-18(25)19(26)10-15/h3-6,10-12,14,16H,7-9,13H2,1-2H3,(H,30,32)(H,27,28,29)/b4-3+/t16-/m0/s1. The second kappa shape index (κ2) is 11.1. The highest BCUT2D eigenvalue weighted by molar-refractivity contribution is 14.1. The summed E-state index contributed by atoms with van der Waals surface area (Å²) in [6.07, 6.45) is 5.40. The van der Waals surface area contributed by atoms with Crippen molar-refractivity contribution in [3.05, 3.63) is 58.2 Å². The third-order valence-corrected chi connectivity index (χ3v) is 5.92. The molecule has 3 aromatic rings. The van der Waals surface area contributed by atoms with Crippen LogP contribution in [0.4, 0.5) is 21.6 Å². The van der Waals surface area contributed by atoms with Gasteiger partial charge in [0.25, 0.3) is 0 Å². The van der Waals surface area contributed by atoms with Gasteiger partial charge in [-0.25, -0.2) is 14.4 Å². The Labute approximate surface area is 210 Å². The van der Waals surface area contributed by atoms with E-state index in [0.717, 1.165) is 6.42 Å². The fourth-order valence-corrected chi connectivity index (χ4v) is 3.93. The Kier molecular flexibility index (Phi) is 7.91. The molecule has 1 atom stereocenters. The SMILES string of the molecule is CN(C)C/C=C/C(=O)Nc1cc2c(Nc3ccc(F)c(I)c3)ncnc2cc1O[C@H]1CCOC1. The first-order valence-electron chi connectivity index (χ1n) is 10.8. The summed E-state index contributed by atoms with van der Waals surface area (Å²) >= 11 is 1.94. The predicted molar refractivity (Wildman–Crippen MR) is 138 cm³/mol. The Morgan fingerprint density at radius 2 is 2.18 bits per heavy atom. The third-order valence-electron chi connectivity index (χ3n) is 5.10. The zero-order valence-corrected chi connectivity index (χ0v) is 21.0. The number of carbonyl (C=O) groups is 1. The molecule has 0 bridgehead atoms. The number of nitrogens with one attached hydrogen (secondary N) is 2. The van der Waals surface area contributed by atoms with Crippen molar-refractivity contribution >= 4 is 56.6 Å². The first kappa shape index (κ1) is 24.3. The zero-order valence-electron chi connectivity index (χ0n) is 18.8. The van der Waals surface area contributed by atoms with Crippen molar-refractivity contribution in [1.82, 2.24) is 14.9 Å². The summed E-state index contributed by atoms with van der Waals surface area (Å²) in [7, 11) is 3.86. The van der Waals surface area contributed by atoms with E-state index in [4.69, 9.17) is 9.47 Å². The van der Waals surface area contributed by atoms with Crippen LogP contribution >= 0.6 is 22.6 Å². The van der Waals surface area contributed by atoms with Gasteiger partial charge in [0.2, 0.25) is 5.91 Å². The minimum absolute atomic E-state index is 0.0990. The molecule has 0 radical (unpaired) electrons. The van der Waals surface area contributed by atoms with Crippen molar-refractivity contribution in [1.29, 1.82) is 0 Å². The fourth-order valence-electron chi connectivity index (χ4n) is 3.42. The molecule has 4 rings (SSSR count). The van der Waals surface area contributed by atoms with E-state index in [9.17, 15) is 9.18 Å². The minimum atomic E-state index is -0.288. The van der Waals surface area contributed by atoms with Crippen LogP contribution in [0.15, 0.2) is 48.8 Å². The van der Waals surface area contributed by atoms with E-state index in [-0.39, 0.29) is 17.8 Å². The van der Waals surface area contributed by atoms with Gasteiger partial charge in [0.15, 0.2) is 0 Å². The van der Waals surface area contributed by atoms with Crippen LogP contribution in [0.1, 0.15) is 6.42 Å². The number of hydrogen-bond acceptors (Lipinski definition) is 7. The van der Waals surface area contributed by atoms with Gasteiger partial charge in [0, 0.05) is 36.2 Å². The maximum absolute atomic E-state index is 13.7. The highest BCUT2D eigenvalue weighted by atomic mass is 127. The monoisotopic (exact) mass is 577 g/mol. The fraction of sp³-hybridized carbons (Fsp3) is 0.292. The normalized spacial score (nSPS) is 15.9. The van der Waals surface area contributed by atoms with Crippen molar-refractivity contribution in [3.8, 4) is 5.75 Å². The lowest BCUT2D eigenvalue weighted by Gasteiger charge is -2.17. The molecule has 0 unspecified atom stereocenters. The summed E-state index contributed by atoms with van der Waals surface area (Å²) in [6.45, 7) is 1.78. The van der Waals surface area contributed by atoms with E-state index in [1.807, 2.05) is 41.6 Å². The number of nitrogens with zero attached hydrogens (tertiary/aromatic N) is 3. The van der Waals surface area contributed by atoms with E-state index in [1.165, 1.54) is 18.5 Å². The molecule has 2 heterocycles. The summed E-state index contributed by atoms with van der Waals surface area (Å²) in [6, 6.07) is 8.30. The lowest BCUT2D eigenvalue weighted by atomic mass is 10.1. The molecule has 8 nitrogen and oxygen atoms in total. The molecule has 178 valence electrons. The van der Waals surface area contributed by atoms with Crippen molar-refractivity contribution < 1.29 is 18.7 Å². The molecule has 1 saturated heterocycles. The Bertz CT molecular complexity index is 1210. The van der Waals surface area contributed by atoms with Crippen molar-refractivity contribution in [2.45, 2.75) is 12.5 Å². The molecule has 2 N–H and O–H groups in total. The minimum Gasteiger partial charge on any atom is -0.486 e. The van der Waals surface area contributed by atoms with E-state index >= 15 is 0 Å². The van der Waals surface area contributed by atoms with Gasteiger partial charge in [-0.3, -0.25) is 4.79 Å². The Balaban J connectivity index is 1.68. The van der Waals surface area contributed by atoms with Crippen LogP contribution in [0.5, 0.6) is 5.75 Å². The molecule has 1 fully saturated rings. The Morgan fingerprint density at radius 1 is 1.32 bits per heavy atom. The Morgan fingerprint density at radius 3 is 2.91 bits per heavy atom. The molecule has 1 aliphatic heterocycles. The molecular formula is C24H25FIN5O3. The van der Waals surface area contributed by atoms with Crippen LogP contribution in [0.25, 0.3) is 10.9 Å². The van der Waals surface area contributed by atoms with Gasteiger partial charge in [0.1, 0.15) is 29.8 Å². The lowest BCUT2D eigenvalue weighted by Crippen LogP contribution is -2.18. The molecule has 1 aromatic heterocycles. The van der Waals surface area contributed by atoms with Gasteiger partial charge < -0.3 is 25.0 Å². The number of anilines is 3. The van der Waals surface area contributed by atoms with Gasteiger partial charge in [-0.2, -0.15) is 0 Å². The van der Waals surface area contributed by atoms with Crippen molar-refractivity contribution in [2.75, 3.05) is 44.5 Å². The van der Waals surface area contributed by atoms with Gasteiger partial charge >= 0.3 is 0 Å². The summed E-state index contributed by atoms with van der Waals surface area (Å²) in [5.41, 5.74) is 1.83. The van der Waals surface area contributed by atoms with Gasteiger partial charge in [-0.05, 0) is 61.0 Å². The van der Waals surface area contributed by atoms with Crippen LogP contribution in [-0.4, -0.2) is 60.7 Å². The van der Waals surface area contributed by atoms with Crippen LogP contribution in [0.3, 0.4) is 0 Å². The van der Waals surface area contributed by atoms with Crippen molar-refractivity contribution in [3.63, 3.8) is 0 Å². The number of likely N-dealkylation sites (N-methyl/N-ethyl adjacent to an activating group) is 1. The second-order valence-corrected chi connectivity index (χ2v) is 9.26. The summed E-state index contributed by atoms with van der Waals surface area (Å²) in [4.78, 5) is 23.3. The van der Waals surface area contributed by atoms with Gasteiger partial charge in [-0.1, -0.05) is 6.08 Å². The predicted octanol–water partition coefficient (Wildman–Crippen LogP) is 4.34. The average molecular weight is 577 g/mol. The summed E-state index contributed by atoms with van der Waals surface area (Å²) in [5.74, 6) is 0.483. The number of benzene rings is 2. The molecule has 10 heteroatoms. The van der Waals surface area contributed by atoms with E-state index in [0.29, 0.717) is 57.2 Å². The molecule has 0 spiro atoms. The summed E-state index contributed by atoms with van der Waals surface area (Å²) in [5, 5.41) is 6.82. The van der Waals surface area contributed by atoms with Gasteiger partial charge in [-0.15, -0.1) is 0 Å². The molecular weight excluding hydrogens is 552 g/mol. The first-order chi connectivity index (χ1) is 16.4. The highest BCUT2D eigenvalue weighted by Gasteiger charge is 2.20. The smallest absolute Gasteiger partial charge is 0.248 e. The number of ether oxygens (including phenoxy) is 2. The first-order valence-corrected chi connectivity index (χ1v) is 11.8. The van der Waals surface area contributed by atoms with Crippen LogP contribution in [0.2, 0.25) is 0 Å². The maximum atomic E-state index is 13.7. The van der Waals surface area contributed by atoms with E-state index < -0.39 is 0 Å². The average Bonchev–Trinajstić information content (AvgIpc) is 3.30. The van der Waals surface area contributed by atoms with Gasteiger partial charge in [0.05, 0.1) is 28.0 Å².